The van der Waals surface area contributed by atoms with Crippen molar-refractivity contribution < 1.29 is 9.84 Å². The topological polar surface area (TPSA) is 29.5 Å². The first-order valence-corrected chi connectivity index (χ1v) is 4.67. The van der Waals surface area contributed by atoms with Gasteiger partial charge in [-0.1, -0.05) is 25.7 Å². The van der Waals surface area contributed by atoms with Crippen LogP contribution in [-0.4, -0.2) is 24.4 Å². The molecule has 0 aliphatic heterocycles. The van der Waals surface area contributed by atoms with E-state index >= 15 is 0 Å². The van der Waals surface area contributed by atoms with Crippen molar-refractivity contribution in [1.29, 1.82) is 0 Å². The molecule has 13 heavy (non-hydrogen) atoms. The largest absolute Gasteiger partial charge is 0.381 e. The zero-order valence-electron chi connectivity index (χ0n) is 8.42. The summed E-state index contributed by atoms with van der Waals surface area (Å²) in [7, 11) is 1.61. The number of hydrogen-bond acceptors (Lipinski definition) is 2. The van der Waals surface area contributed by atoms with Gasteiger partial charge in [-0.3, -0.25) is 0 Å². The second-order valence-electron chi connectivity index (χ2n) is 3.84. The SMILES string of the molecule is C=C(COC)C1(O)C=CC(C)CC1. The average Bonchev–Trinajstić information content (AvgIpc) is 2.11. The van der Waals surface area contributed by atoms with Gasteiger partial charge in [0.05, 0.1) is 6.61 Å². The van der Waals surface area contributed by atoms with E-state index in [0.29, 0.717) is 12.5 Å². The molecule has 0 amide bonds. The Labute approximate surface area is 79.9 Å². The molecular weight excluding hydrogens is 164 g/mol. The summed E-state index contributed by atoms with van der Waals surface area (Å²) in [6.45, 7) is 6.41. The maximum Gasteiger partial charge on any atom is 0.106 e. The van der Waals surface area contributed by atoms with Crippen LogP contribution in [0.1, 0.15) is 19.8 Å². The molecule has 0 fully saturated rings. The monoisotopic (exact) mass is 182 g/mol. The number of aliphatic hydroxyl groups is 1. The first-order valence-electron chi connectivity index (χ1n) is 4.67. The smallest absolute Gasteiger partial charge is 0.106 e. The molecular formula is C11H18O2. The van der Waals surface area contributed by atoms with Gasteiger partial charge in [0.25, 0.3) is 0 Å². The summed E-state index contributed by atoms with van der Waals surface area (Å²) in [5, 5.41) is 10.1. The van der Waals surface area contributed by atoms with E-state index in [4.69, 9.17) is 4.74 Å². The summed E-state index contributed by atoms with van der Waals surface area (Å²) < 4.78 is 4.96. The third-order valence-corrected chi connectivity index (χ3v) is 2.61. The molecule has 1 aliphatic rings. The first-order chi connectivity index (χ1) is 6.08. The maximum atomic E-state index is 10.1. The summed E-state index contributed by atoms with van der Waals surface area (Å²) >= 11 is 0. The van der Waals surface area contributed by atoms with E-state index in [1.54, 1.807) is 7.11 Å². The van der Waals surface area contributed by atoms with Crippen LogP contribution in [0.2, 0.25) is 0 Å². The molecule has 2 nitrogen and oxygen atoms in total. The van der Waals surface area contributed by atoms with Crippen LogP contribution in [0.4, 0.5) is 0 Å². The zero-order chi connectivity index (χ0) is 9.90. The Morgan fingerprint density at radius 3 is 2.92 bits per heavy atom. The second kappa shape index (κ2) is 4.07. The summed E-state index contributed by atoms with van der Waals surface area (Å²) in [6.07, 6.45) is 5.66. The minimum atomic E-state index is -0.831. The van der Waals surface area contributed by atoms with Crippen LogP contribution >= 0.6 is 0 Å². The number of methoxy groups -OCH3 is 1. The molecule has 0 aromatic heterocycles. The van der Waals surface area contributed by atoms with Crippen molar-refractivity contribution in [3.63, 3.8) is 0 Å². The molecule has 0 aromatic carbocycles. The molecule has 1 N–H and O–H groups in total. The number of rotatable bonds is 3. The molecule has 74 valence electrons. The van der Waals surface area contributed by atoms with E-state index < -0.39 is 5.60 Å². The van der Waals surface area contributed by atoms with Crippen molar-refractivity contribution in [2.75, 3.05) is 13.7 Å². The van der Waals surface area contributed by atoms with Gasteiger partial charge in [0, 0.05) is 7.11 Å². The van der Waals surface area contributed by atoms with Gasteiger partial charge >= 0.3 is 0 Å². The number of allylic oxidation sites excluding steroid dienone is 1. The van der Waals surface area contributed by atoms with Crippen molar-refractivity contribution in [3.05, 3.63) is 24.3 Å². The molecule has 2 heteroatoms. The third-order valence-electron chi connectivity index (χ3n) is 2.61. The fourth-order valence-electron chi connectivity index (χ4n) is 1.54. The van der Waals surface area contributed by atoms with Gasteiger partial charge in [-0.2, -0.15) is 0 Å². The molecule has 0 radical (unpaired) electrons. The molecule has 2 unspecified atom stereocenters. The lowest BCUT2D eigenvalue weighted by molar-refractivity contribution is 0.0857. The Hall–Kier alpha value is -0.600. The van der Waals surface area contributed by atoms with E-state index in [9.17, 15) is 5.11 Å². The first kappa shape index (κ1) is 10.5. The predicted molar refractivity (Wildman–Crippen MR) is 53.5 cm³/mol. The lowest BCUT2D eigenvalue weighted by Crippen LogP contribution is -2.33. The maximum absolute atomic E-state index is 10.1. The molecule has 0 spiro atoms. The molecule has 0 aromatic rings. The Balaban J connectivity index is 2.66. The van der Waals surface area contributed by atoms with Crippen LogP contribution in [0, 0.1) is 5.92 Å². The van der Waals surface area contributed by atoms with Gasteiger partial charge in [0.1, 0.15) is 5.60 Å². The Kier molecular flexibility index (Phi) is 3.28. The lowest BCUT2D eigenvalue weighted by Gasteiger charge is -2.31. The predicted octanol–water partition coefficient (Wildman–Crippen LogP) is 1.91. The third kappa shape index (κ3) is 2.42. The fourth-order valence-corrected chi connectivity index (χ4v) is 1.54. The fraction of sp³-hybridized carbons (Fsp3) is 0.636. The van der Waals surface area contributed by atoms with Crippen molar-refractivity contribution in [2.24, 2.45) is 5.92 Å². The Morgan fingerprint density at radius 2 is 2.46 bits per heavy atom. The molecule has 1 aliphatic carbocycles. The van der Waals surface area contributed by atoms with E-state index in [2.05, 4.69) is 13.5 Å². The van der Waals surface area contributed by atoms with Crippen molar-refractivity contribution >= 4 is 0 Å². The van der Waals surface area contributed by atoms with E-state index in [1.165, 1.54) is 0 Å². The van der Waals surface area contributed by atoms with Crippen molar-refractivity contribution in [1.82, 2.24) is 0 Å². The van der Waals surface area contributed by atoms with Crippen molar-refractivity contribution in [2.45, 2.75) is 25.4 Å². The second-order valence-corrected chi connectivity index (χ2v) is 3.84. The highest BCUT2D eigenvalue weighted by Gasteiger charge is 2.29. The quantitative estimate of drug-likeness (QED) is 0.675. The molecule has 0 bridgehead atoms. The van der Waals surface area contributed by atoms with Crippen LogP contribution in [0.3, 0.4) is 0 Å². The van der Waals surface area contributed by atoms with Crippen LogP contribution in [0.5, 0.6) is 0 Å². The Morgan fingerprint density at radius 1 is 1.77 bits per heavy atom. The van der Waals surface area contributed by atoms with E-state index in [0.717, 1.165) is 18.4 Å². The van der Waals surface area contributed by atoms with Gasteiger partial charge < -0.3 is 9.84 Å². The Bertz CT molecular complexity index is 220. The highest BCUT2D eigenvalue weighted by atomic mass is 16.5. The van der Waals surface area contributed by atoms with Crippen LogP contribution in [-0.2, 0) is 4.74 Å². The van der Waals surface area contributed by atoms with E-state index in [1.807, 2.05) is 12.2 Å². The summed E-state index contributed by atoms with van der Waals surface area (Å²) in [4.78, 5) is 0. The molecule has 0 saturated carbocycles. The van der Waals surface area contributed by atoms with Gasteiger partial charge in [-0.15, -0.1) is 0 Å². The molecule has 0 heterocycles. The van der Waals surface area contributed by atoms with Crippen LogP contribution in [0.25, 0.3) is 0 Å². The highest BCUT2D eigenvalue weighted by Crippen LogP contribution is 2.30. The standard InChI is InChI=1S/C11H18O2/c1-9-4-6-11(12,7-5-9)10(2)8-13-3/h4,6,9,12H,2,5,7-8H2,1,3H3. The summed E-state index contributed by atoms with van der Waals surface area (Å²) in [5.74, 6) is 0.565. The minimum Gasteiger partial charge on any atom is -0.381 e. The van der Waals surface area contributed by atoms with Gasteiger partial charge in [0.2, 0.25) is 0 Å². The highest BCUT2D eigenvalue weighted by molar-refractivity contribution is 5.24. The lowest BCUT2D eigenvalue weighted by atomic mass is 9.82. The van der Waals surface area contributed by atoms with Crippen molar-refractivity contribution in [3.8, 4) is 0 Å². The molecule has 2 atom stereocenters. The summed E-state index contributed by atoms with van der Waals surface area (Å²) in [6, 6.07) is 0. The van der Waals surface area contributed by atoms with Gasteiger partial charge in [0.15, 0.2) is 0 Å². The molecule has 0 saturated heterocycles. The average molecular weight is 182 g/mol. The zero-order valence-corrected chi connectivity index (χ0v) is 8.42. The minimum absolute atomic E-state index is 0.426. The molecule has 1 rings (SSSR count). The number of hydrogen-bond donors (Lipinski definition) is 1. The van der Waals surface area contributed by atoms with Crippen LogP contribution in [0.15, 0.2) is 24.3 Å². The van der Waals surface area contributed by atoms with E-state index in [-0.39, 0.29) is 0 Å². The normalized spacial score (nSPS) is 33.3. The van der Waals surface area contributed by atoms with Gasteiger partial charge in [-0.25, -0.2) is 0 Å². The van der Waals surface area contributed by atoms with Crippen LogP contribution < -0.4 is 0 Å². The summed E-state index contributed by atoms with van der Waals surface area (Å²) in [5.41, 5.74) is -0.0825. The number of ether oxygens (including phenoxy) is 1. The van der Waals surface area contributed by atoms with Gasteiger partial charge in [-0.05, 0) is 24.3 Å².